The Balaban J connectivity index is 1.82. The van der Waals surface area contributed by atoms with Gasteiger partial charge in [-0.3, -0.25) is 0 Å². The maximum absolute atomic E-state index is 5.73. The molecule has 2 rings (SSSR count). The molecule has 0 unspecified atom stereocenters. The van der Waals surface area contributed by atoms with Crippen molar-refractivity contribution in [1.82, 2.24) is 0 Å². The van der Waals surface area contributed by atoms with E-state index in [0.717, 1.165) is 26.1 Å². The maximum Gasteiger partial charge on any atom is 0.146 e. The van der Waals surface area contributed by atoms with E-state index in [1.807, 2.05) is 0 Å². The molecule has 0 aromatic heterocycles. The van der Waals surface area contributed by atoms with E-state index in [4.69, 9.17) is 28.4 Å². The Hall–Kier alpha value is -0.240. The van der Waals surface area contributed by atoms with Gasteiger partial charge in [0.2, 0.25) is 0 Å². The van der Waals surface area contributed by atoms with Crippen molar-refractivity contribution in [1.29, 1.82) is 0 Å². The van der Waals surface area contributed by atoms with Crippen LogP contribution in [-0.4, -0.2) is 64.4 Å². The fourth-order valence-corrected chi connectivity index (χ4v) is 2.33. The molecule has 2 heterocycles. The molecule has 2 fully saturated rings. The van der Waals surface area contributed by atoms with Crippen molar-refractivity contribution in [2.24, 2.45) is 0 Å². The number of rotatable bonds is 11. The van der Waals surface area contributed by atoms with E-state index in [2.05, 4.69) is 13.8 Å². The van der Waals surface area contributed by atoms with Crippen LogP contribution in [0, 0.1) is 0 Å². The molecule has 0 saturated carbocycles. The van der Waals surface area contributed by atoms with Crippen LogP contribution < -0.4 is 0 Å². The average Bonchev–Trinajstić information content (AvgIpc) is 3.33. The van der Waals surface area contributed by atoms with Crippen LogP contribution in [0.5, 0.6) is 0 Å². The first kappa shape index (κ1) is 16.1. The summed E-state index contributed by atoms with van der Waals surface area (Å²) in [6, 6.07) is 0. The third-order valence-corrected chi connectivity index (χ3v) is 4.03. The molecule has 0 amide bonds. The number of hydrogen-bond acceptors (Lipinski definition) is 6. The van der Waals surface area contributed by atoms with Gasteiger partial charge in [0.15, 0.2) is 0 Å². The van der Waals surface area contributed by atoms with Crippen molar-refractivity contribution in [3.05, 3.63) is 0 Å². The molecule has 0 aromatic carbocycles. The molecule has 0 N–H and O–H groups in total. The topological polar surface area (TPSA) is 62.0 Å². The minimum Gasteiger partial charge on any atom is -0.367 e. The Bertz CT molecular complexity index is 270. The Morgan fingerprint density at radius 1 is 0.850 bits per heavy atom. The second kappa shape index (κ2) is 6.68. The Morgan fingerprint density at radius 2 is 1.20 bits per heavy atom. The summed E-state index contributed by atoms with van der Waals surface area (Å²) in [7, 11) is 3.24. The van der Waals surface area contributed by atoms with Crippen molar-refractivity contribution in [3.8, 4) is 0 Å². The van der Waals surface area contributed by atoms with Gasteiger partial charge in [-0.05, 0) is 26.7 Å². The van der Waals surface area contributed by atoms with Gasteiger partial charge in [0, 0.05) is 14.2 Å². The molecule has 0 bridgehead atoms. The van der Waals surface area contributed by atoms with E-state index in [1.54, 1.807) is 14.2 Å². The molecule has 0 aromatic rings. The monoisotopic (exact) mass is 290 g/mol. The summed E-state index contributed by atoms with van der Waals surface area (Å²) in [6.45, 7) is 6.15. The quantitative estimate of drug-likeness (QED) is 0.422. The van der Waals surface area contributed by atoms with Gasteiger partial charge in [-0.2, -0.15) is 0 Å². The zero-order valence-electron chi connectivity index (χ0n) is 12.8. The van der Waals surface area contributed by atoms with Gasteiger partial charge in [0.05, 0.1) is 25.4 Å². The fourth-order valence-electron chi connectivity index (χ4n) is 2.33. The summed E-state index contributed by atoms with van der Waals surface area (Å²) < 4.78 is 32.4. The molecule has 2 aliphatic rings. The van der Waals surface area contributed by atoms with Gasteiger partial charge < -0.3 is 28.4 Å². The lowest BCUT2D eigenvalue weighted by Crippen LogP contribution is -2.36. The highest BCUT2D eigenvalue weighted by Crippen LogP contribution is 2.38. The van der Waals surface area contributed by atoms with Crippen LogP contribution >= 0.6 is 0 Å². The van der Waals surface area contributed by atoms with E-state index < -0.39 is 0 Å². The molecule has 2 aliphatic heterocycles. The number of epoxide rings is 2. The van der Waals surface area contributed by atoms with Crippen LogP contribution in [0.1, 0.15) is 26.7 Å². The second-order valence-corrected chi connectivity index (χ2v) is 5.90. The van der Waals surface area contributed by atoms with Crippen LogP contribution in [0.25, 0.3) is 0 Å². The van der Waals surface area contributed by atoms with E-state index in [0.29, 0.717) is 0 Å². The standard InChI is InChI=1S/C14H26O6/c1-13(7-19-13)11(17-9-15-3)5-6-12(18-10-16-4)14(2)8-20-14/h11-12H,5-10H2,1-4H3/t11-,12-,13+,14+/m1/s1. The van der Waals surface area contributed by atoms with Crippen molar-refractivity contribution in [2.45, 2.75) is 50.1 Å². The van der Waals surface area contributed by atoms with Crippen molar-refractivity contribution < 1.29 is 28.4 Å². The van der Waals surface area contributed by atoms with Crippen LogP contribution in [0.2, 0.25) is 0 Å². The van der Waals surface area contributed by atoms with E-state index in [-0.39, 0.29) is 37.0 Å². The van der Waals surface area contributed by atoms with Crippen LogP contribution in [-0.2, 0) is 28.4 Å². The molecule has 2 saturated heterocycles. The van der Waals surface area contributed by atoms with Gasteiger partial charge in [-0.15, -0.1) is 0 Å². The van der Waals surface area contributed by atoms with Gasteiger partial charge in [-0.25, -0.2) is 0 Å². The third-order valence-electron chi connectivity index (χ3n) is 4.03. The van der Waals surface area contributed by atoms with Crippen molar-refractivity contribution in [3.63, 3.8) is 0 Å². The van der Waals surface area contributed by atoms with Gasteiger partial charge >= 0.3 is 0 Å². The predicted molar refractivity (Wildman–Crippen MR) is 71.4 cm³/mol. The highest BCUT2D eigenvalue weighted by molar-refractivity contribution is 4.99. The van der Waals surface area contributed by atoms with Gasteiger partial charge in [0.1, 0.15) is 24.8 Å². The lowest BCUT2D eigenvalue weighted by atomic mass is 9.94. The zero-order valence-corrected chi connectivity index (χ0v) is 12.8. The maximum atomic E-state index is 5.73. The molecule has 0 radical (unpaired) electrons. The van der Waals surface area contributed by atoms with Gasteiger partial charge in [0.25, 0.3) is 0 Å². The average molecular weight is 290 g/mol. The molecule has 0 spiro atoms. The Kier molecular flexibility index (Phi) is 5.39. The zero-order chi connectivity index (χ0) is 14.6. The fraction of sp³-hybridized carbons (Fsp3) is 1.00. The predicted octanol–water partition coefficient (Wildman–Crippen LogP) is 1.32. The number of methoxy groups -OCH3 is 2. The first-order valence-corrected chi connectivity index (χ1v) is 7.03. The minimum atomic E-state index is -0.185. The summed E-state index contributed by atoms with van der Waals surface area (Å²) in [5.74, 6) is 0. The summed E-state index contributed by atoms with van der Waals surface area (Å²) in [4.78, 5) is 0. The molecule has 20 heavy (non-hydrogen) atoms. The van der Waals surface area contributed by atoms with Crippen LogP contribution in [0.15, 0.2) is 0 Å². The molecule has 118 valence electrons. The molecule has 6 heteroatoms. The molecular formula is C14H26O6. The summed E-state index contributed by atoms with van der Waals surface area (Å²) in [6.07, 6.45) is 1.71. The molecule has 6 nitrogen and oxygen atoms in total. The van der Waals surface area contributed by atoms with Crippen molar-refractivity contribution >= 4 is 0 Å². The largest absolute Gasteiger partial charge is 0.367 e. The summed E-state index contributed by atoms with van der Waals surface area (Å²) >= 11 is 0. The first-order chi connectivity index (χ1) is 9.54. The molecule has 4 atom stereocenters. The van der Waals surface area contributed by atoms with Gasteiger partial charge in [-0.1, -0.05) is 0 Å². The van der Waals surface area contributed by atoms with E-state index >= 15 is 0 Å². The third kappa shape index (κ3) is 4.13. The minimum absolute atomic E-state index is 0.0124. The van der Waals surface area contributed by atoms with E-state index in [1.165, 1.54) is 0 Å². The normalized spacial score (nSPS) is 34.8. The Morgan fingerprint density at radius 3 is 1.45 bits per heavy atom. The smallest absolute Gasteiger partial charge is 0.146 e. The number of ether oxygens (including phenoxy) is 6. The first-order valence-electron chi connectivity index (χ1n) is 7.03. The molecular weight excluding hydrogens is 264 g/mol. The van der Waals surface area contributed by atoms with Crippen molar-refractivity contribution in [2.75, 3.05) is 41.0 Å². The lowest BCUT2D eigenvalue weighted by molar-refractivity contribution is -0.119. The van der Waals surface area contributed by atoms with E-state index in [9.17, 15) is 0 Å². The highest BCUT2D eigenvalue weighted by Gasteiger charge is 2.51. The number of hydrogen-bond donors (Lipinski definition) is 0. The summed E-state index contributed by atoms with van der Waals surface area (Å²) in [5, 5.41) is 0. The van der Waals surface area contributed by atoms with Crippen LogP contribution in [0.3, 0.4) is 0 Å². The molecule has 0 aliphatic carbocycles. The SMILES string of the molecule is COCO[C@H](CC[C@@H](OCOC)[C@]1(C)CO1)[C@]1(C)CO1. The Labute approximate surface area is 120 Å². The highest BCUT2D eigenvalue weighted by atomic mass is 16.7. The summed E-state index contributed by atoms with van der Waals surface area (Å²) in [5.41, 5.74) is -0.370. The lowest BCUT2D eigenvalue weighted by Gasteiger charge is -2.26. The van der Waals surface area contributed by atoms with Crippen LogP contribution in [0.4, 0.5) is 0 Å². The second-order valence-electron chi connectivity index (χ2n) is 5.90.